The van der Waals surface area contributed by atoms with E-state index < -0.39 is 0 Å². The van der Waals surface area contributed by atoms with E-state index in [9.17, 15) is 0 Å². The second kappa shape index (κ2) is 7.48. The molecule has 2 nitrogen and oxygen atoms in total. The van der Waals surface area contributed by atoms with Crippen LogP contribution in [0, 0.1) is 5.92 Å². The molecule has 3 heteroatoms. The lowest BCUT2D eigenvalue weighted by Crippen LogP contribution is -2.40. The molecule has 1 aromatic rings. The van der Waals surface area contributed by atoms with Gasteiger partial charge in [0.1, 0.15) is 0 Å². The van der Waals surface area contributed by atoms with Crippen molar-refractivity contribution < 1.29 is 0 Å². The largest absolute Gasteiger partial charge is 0.329 e. The zero-order valence-electron chi connectivity index (χ0n) is 13.0. The Hall–Kier alpha value is -0.510. The lowest BCUT2D eigenvalue weighted by atomic mass is 9.86. The van der Waals surface area contributed by atoms with Gasteiger partial charge in [0.2, 0.25) is 0 Å². The van der Waals surface area contributed by atoms with Crippen molar-refractivity contribution in [2.45, 2.75) is 49.6 Å². The fraction of sp³-hybridized carbons (Fsp3) is 0.647. The van der Waals surface area contributed by atoms with Crippen LogP contribution in [-0.4, -0.2) is 30.8 Å². The molecule has 1 unspecified atom stereocenters. The lowest BCUT2D eigenvalue weighted by molar-refractivity contribution is 0.126. The molecule has 1 aliphatic carbocycles. The van der Waals surface area contributed by atoms with E-state index in [1.54, 1.807) is 11.8 Å². The number of nitrogens with zero attached hydrogens (tertiary/aromatic N) is 1. The molecule has 0 heterocycles. The highest BCUT2D eigenvalue weighted by molar-refractivity contribution is 7.98. The van der Waals surface area contributed by atoms with Gasteiger partial charge in [-0.25, -0.2) is 0 Å². The summed E-state index contributed by atoms with van der Waals surface area (Å²) >= 11 is 1.79. The zero-order chi connectivity index (χ0) is 14.5. The number of hydrogen-bond donors (Lipinski definition) is 1. The summed E-state index contributed by atoms with van der Waals surface area (Å²) in [5, 5.41) is 0. The molecule has 0 aliphatic heterocycles. The molecule has 1 aromatic carbocycles. The van der Waals surface area contributed by atoms with Crippen molar-refractivity contribution in [3.63, 3.8) is 0 Å². The Kier molecular flexibility index (Phi) is 5.94. The standard InChI is InChI=1S/C17H28N2S/c1-13-4-8-15(9-5-13)19(2)17(12-18)14-6-10-16(20-3)11-7-14/h6-7,10-11,13,15,17H,4-5,8-9,12,18H2,1-3H3. The first kappa shape index (κ1) is 15.9. The minimum absolute atomic E-state index is 0.351. The van der Waals surface area contributed by atoms with Crippen molar-refractivity contribution in [1.82, 2.24) is 4.90 Å². The van der Waals surface area contributed by atoms with Crippen LogP contribution in [0.2, 0.25) is 0 Å². The maximum absolute atomic E-state index is 6.06. The van der Waals surface area contributed by atoms with Gasteiger partial charge in [-0.15, -0.1) is 11.8 Å². The summed E-state index contributed by atoms with van der Waals surface area (Å²) in [6, 6.07) is 9.94. The summed E-state index contributed by atoms with van der Waals surface area (Å²) in [5.41, 5.74) is 7.42. The Morgan fingerprint density at radius 2 is 1.80 bits per heavy atom. The highest BCUT2D eigenvalue weighted by atomic mass is 32.2. The van der Waals surface area contributed by atoms with Gasteiger partial charge in [0.05, 0.1) is 0 Å². The fourth-order valence-electron chi connectivity index (χ4n) is 3.27. The van der Waals surface area contributed by atoms with E-state index in [2.05, 4.69) is 49.4 Å². The first-order valence-corrected chi connectivity index (χ1v) is 8.94. The molecule has 1 aliphatic rings. The average molecular weight is 292 g/mol. The Morgan fingerprint density at radius 1 is 1.20 bits per heavy atom. The SMILES string of the molecule is CSc1ccc(C(CN)N(C)C2CCC(C)CC2)cc1. The van der Waals surface area contributed by atoms with Crippen LogP contribution in [0.4, 0.5) is 0 Å². The van der Waals surface area contributed by atoms with Crippen LogP contribution >= 0.6 is 11.8 Å². The van der Waals surface area contributed by atoms with Crippen molar-refractivity contribution in [2.75, 3.05) is 19.8 Å². The molecule has 112 valence electrons. The summed E-state index contributed by atoms with van der Waals surface area (Å²) in [4.78, 5) is 3.83. The Morgan fingerprint density at radius 3 is 2.30 bits per heavy atom. The normalized spacial score (nSPS) is 24.9. The van der Waals surface area contributed by atoms with Gasteiger partial charge in [-0.3, -0.25) is 4.90 Å². The van der Waals surface area contributed by atoms with E-state index in [1.165, 1.54) is 36.1 Å². The minimum Gasteiger partial charge on any atom is -0.329 e. The van der Waals surface area contributed by atoms with Crippen molar-refractivity contribution in [1.29, 1.82) is 0 Å². The third-order valence-corrected chi connectivity index (χ3v) is 5.52. The molecule has 1 saturated carbocycles. The highest BCUT2D eigenvalue weighted by Gasteiger charge is 2.26. The van der Waals surface area contributed by atoms with Gasteiger partial charge in [-0.05, 0) is 62.6 Å². The maximum atomic E-state index is 6.06. The Balaban J connectivity index is 2.06. The number of hydrogen-bond acceptors (Lipinski definition) is 3. The van der Waals surface area contributed by atoms with Crippen molar-refractivity contribution in [2.24, 2.45) is 11.7 Å². The van der Waals surface area contributed by atoms with Gasteiger partial charge in [-0.2, -0.15) is 0 Å². The zero-order valence-corrected chi connectivity index (χ0v) is 13.8. The summed E-state index contributed by atoms with van der Waals surface area (Å²) in [6.45, 7) is 3.07. The van der Waals surface area contributed by atoms with Crippen molar-refractivity contribution >= 4 is 11.8 Å². The number of rotatable bonds is 5. The molecule has 1 atom stereocenters. The van der Waals surface area contributed by atoms with Crippen molar-refractivity contribution in [3.05, 3.63) is 29.8 Å². The molecule has 0 amide bonds. The number of benzene rings is 1. The maximum Gasteiger partial charge on any atom is 0.0470 e. The highest BCUT2D eigenvalue weighted by Crippen LogP contribution is 2.31. The third kappa shape index (κ3) is 3.78. The Labute approximate surface area is 128 Å². The third-order valence-electron chi connectivity index (χ3n) is 4.78. The second-order valence-corrected chi connectivity index (χ2v) is 6.98. The minimum atomic E-state index is 0.351. The van der Waals surface area contributed by atoms with Gasteiger partial charge in [0.25, 0.3) is 0 Å². The molecule has 0 radical (unpaired) electrons. The van der Waals surface area contributed by atoms with Crippen LogP contribution in [0.15, 0.2) is 29.2 Å². The monoisotopic (exact) mass is 292 g/mol. The van der Waals surface area contributed by atoms with E-state index in [-0.39, 0.29) is 0 Å². The smallest absolute Gasteiger partial charge is 0.0470 e. The van der Waals surface area contributed by atoms with Gasteiger partial charge >= 0.3 is 0 Å². The molecule has 1 fully saturated rings. The summed E-state index contributed by atoms with van der Waals surface area (Å²) < 4.78 is 0. The molecule has 20 heavy (non-hydrogen) atoms. The number of thioether (sulfide) groups is 1. The van der Waals surface area contributed by atoms with Crippen LogP contribution in [-0.2, 0) is 0 Å². The van der Waals surface area contributed by atoms with Gasteiger partial charge in [0.15, 0.2) is 0 Å². The first-order valence-electron chi connectivity index (χ1n) is 7.71. The molecule has 0 bridgehead atoms. The van der Waals surface area contributed by atoms with Crippen LogP contribution in [0.5, 0.6) is 0 Å². The van der Waals surface area contributed by atoms with Gasteiger partial charge < -0.3 is 5.73 Å². The van der Waals surface area contributed by atoms with Crippen LogP contribution < -0.4 is 5.73 Å². The Bertz CT molecular complexity index is 396. The van der Waals surface area contributed by atoms with Gasteiger partial charge in [-0.1, -0.05) is 19.1 Å². The molecular formula is C17H28N2S. The van der Waals surface area contributed by atoms with Crippen LogP contribution in [0.3, 0.4) is 0 Å². The van der Waals surface area contributed by atoms with E-state index in [0.717, 1.165) is 5.92 Å². The second-order valence-electron chi connectivity index (χ2n) is 6.10. The van der Waals surface area contributed by atoms with Crippen molar-refractivity contribution in [3.8, 4) is 0 Å². The molecule has 2 N–H and O–H groups in total. The van der Waals surface area contributed by atoms with E-state index >= 15 is 0 Å². The number of likely N-dealkylation sites (N-methyl/N-ethyl adjacent to an activating group) is 1. The fourth-order valence-corrected chi connectivity index (χ4v) is 3.68. The lowest BCUT2D eigenvalue weighted by Gasteiger charge is -2.38. The quantitative estimate of drug-likeness (QED) is 0.834. The number of nitrogens with two attached hydrogens (primary N) is 1. The van der Waals surface area contributed by atoms with E-state index in [0.29, 0.717) is 18.6 Å². The average Bonchev–Trinajstić information content (AvgIpc) is 2.49. The summed E-state index contributed by atoms with van der Waals surface area (Å²) in [7, 11) is 2.25. The van der Waals surface area contributed by atoms with Crippen LogP contribution in [0.1, 0.15) is 44.2 Å². The predicted molar refractivity (Wildman–Crippen MR) is 89.2 cm³/mol. The topological polar surface area (TPSA) is 29.3 Å². The molecule has 0 spiro atoms. The molecule has 2 rings (SSSR count). The van der Waals surface area contributed by atoms with E-state index in [4.69, 9.17) is 5.73 Å². The van der Waals surface area contributed by atoms with Crippen LogP contribution in [0.25, 0.3) is 0 Å². The van der Waals surface area contributed by atoms with Gasteiger partial charge in [0, 0.05) is 23.5 Å². The molecule has 0 saturated heterocycles. The molecular weight excluding hydrogens is 264 g/mol. The summed E-state index contributed by atoms with van der Waals surface area (Å²) in [6.07, 6.45) is 7.47. The predicted octanol–water partition coefficient (Wildman–Crippen LogP) is 3.92. The first-order chi connectivity index (χ1) is 9.65. The molecule has 0 aromatic heterocycles. The summed E-state index contributed by atoms with van der Waals surface area (Å²) in [5.74, 6) is 0.900. The van der Waals surface area contributed by atoms with E-state index in [1.807, 2.05) is 0 Å².